The molecule has 1 heterocycles. The zero-order chi connectivity index (χ0) is 9.84. The van der Waals surface area contributed by atoms with Gasteiger partial charge in [-0.1, -0.05) is 0 Å². The molecular formula is C8H8ClF2NO. The third kappa shape index (κ3) is 2.35. The van der Waals surface area contributed by atoms with Crippen LogP contribution in [-0.4, -0.2) is 10.1 Å². The Balaban J connectivity index is 3.08. The maximum Gasteiger partial charge on any atom is 0.265 e. The van der Waals surface area contributed by atoms with E-state index in [0.29, 0.717) is 5.69 Å². The number of aliphatic hydroxyl groups is 1. The summed E-state index contributed by atoms with van der Waals surface area (Å²) in [5.74, 6) is 0.149. The van der Waals surface area contributed by atoms with Gasteiger partial charge in [-0.25, -0.2) is 8.78 Å². The van der Waals surface area contributed by atoms with Crippen LogP contribution in [0.2, 0.25) is 0 Å². The SMILES string of the molecule is OCc1cc(CCl)ncc1C(F)F. The lowest BCUT2D eigenvalue weighted by Crippen LogP contribution is -1.98. The van der Waals surface area contributed by atoms with Gasteiger partial charge in [-0.15, -0.1) is 11.6 Å². The van der Waals surface area contributed by atoms with E-state index in [1.165, 1.54) is 6.07 Å². The van der Waals surface area contributed by atoms with Crippen LogP contribution in [0.1, 0.15) is 23.2 Å². The van der Waals surface area contributed by atoms with Crippen LogP contribution in [0.15, 0.2) is 12.3 Å². The number of aliphatic hydroxyl groups excluding tert-OH is 1. The van der Waals surface area contributed by atoms with E-state index in [1.807, 2.05) is 0 Å². The summed E-state index contributed by atoms with van der Waals surface area (Å²) in [5, 5.41) is 8.78. The highest BCUT2D eigenvalue weighted by molar-refractivity contribution is 6.16. The number of aromatic nitrogens is 1. The Morgan fingerprint density at radius 2 is 2.23 bits per heavy atom. The van der Waals surface area contributed by atoms with Gasteiger partial charge in [-0.2, -0.15) is 0 Å². The van der Waals surface area contributed by atoms with Crippen molar-refractivity contribution in [3.63, 3.8) is 0 Å². The zero-order valence-corrected chi connectivity index (χ0v) is 7.43. The van der Waals surface area contributed by atoms with Crippen molar-refractivity contribution in [2.75, 3.05) is 0 Å². The highest BCUT2D eigenvalue weighted by atomic mass is 35.5. The summed E-state index contributed by atoms with van der Waals surface area (Å²) in [5.41, 5.74) is 0.423. The predicted octanol–water partition coefficient (Wildman–Crippen LogP) is 2.25. The molecule has 1 N–H and O–H groups in total. The standard InChI is InChI=1S/C8H8ClF2NO/c9-2-6-1-5(4-13)7(3-12-6)8(10)11/h1,3,8,13H,2,4H2. The van der Waals surface area contributed by atoms with Crippen molar-refractivity contribution < 1.29 is 13.9 Å². The Labute approximate surface area is 79.2 Å². The summed E-state index contributed by atoms with van der Waals surface area (Å²) in [6.07, 6.45) is -1.56. The summed E-state index contributed by atoms with van der Waals surface area (Å²) >= 11 is 5.46. The summed E-state index contributed by atoms with van der Waals surface area (Å²) in [6, 6.07) is 1.38. The molecule has 0 saturated carbocycles. The number of pyridine rings is 1. The van der Waals surface area contributed by atoms with Crippen LogP contribution in [0.4, 0.5) is 8.78 Å². The van der Waals surface area contributed by atoms with E-state index in [-0.39, 0.29) is 17.0 Å². The average Bonchev–Trinajstić information content (AvgIpc) is 2.16. The van der Waals surface area contributed by atoms with Crippen molar-refractivity contribution in [3.05, 3.63) is 29.1 Å². The second kappa shape index (κ2) is 4.48. The Kier molecular flexibility index (Phi) is 3.57. The fraction of sp³-hybridized carbons (Fsp3) is 0.375. The minimum Gasteiger partial charge on any atom is -0.392 e. The zero-order valence-electron chi connectivity index (χ0n) is 6.67. The smallest absolute Gasteiger partial charge is 0.265 e. The molecule has 0 aliphatic carbocycles. The lowest BCUT2D eigenvalue weighted by molar-refractivity contribution is 0.146. The van der Waals surface area contributed by atoms with Crippen LogP contribution in [0.3, 0.4) is 0 Å². The Hall–Kier alpha value is -0.740. The average molecular weight is 208 g/mol. The molecule has 0 aromatic carbocycles. The number of rotatable bonds is 3. The van der Waals surface area contributed by atoms with Gasteiger partial charge < -0.3 is 5.11 Å². The summed E-state index contributed by atoms with van der Waals surface area (Å²) in [4.78, 5) is 3.70. The molecule has 2 nitrogen and oxygen atoms in total. The summed E-state index contributed by atoms with van der Waals surface area (Å²) < 4.78 is 24.5. The molecule has 0 atom stereocenters. The summed E-state index contributed by atoms with van der Waals surface area (Å²) in [6.45, 7) is -0.425. The lowest BCUT2D eigenvalue weighted by Gasteiger charge is -2.06. The van der Waals surface area contributed by atoms with Crippen molar-refractivity contribution in [1.82, 2.24) is 4.98 Å². The molecule has 0 amide bonds. The first-order chi connectivity index (χ1) is 6.19. The van der Waals surface area contributed by atoms with Gasteiger partial charge in [0.15, 0.2) is 0 Å². The molecule has 5 heteroatoms. The highest BCUT2D eigenvalue weighted by Crippen LogP contribution is 2.22. The van der Waals surface area contributed by atoms with Gasteiger partial charge in [0.05, 0.1) is 18.2 Å². The topological polar surface area (TPSA) is 33.1 Å². The Morgan fingerprint density at radius 1 is 1.54 bits per heavy atom. The number of halogens is 3. The molecule has 0 aliphatic heterocycles. The maximum atomic E-state index is 12.3. The van der Waals surface area contributed by atoms with Crippen molar-refractivity contribution in [2.24, 2.45) is 0 Å². The van der Waals surface area contributed by atoms with Gasteiger partial charge in [-0.05, 0) is 11.6 Å². The molecule has 1 aromatic heterocycles. The van der Waals surface area contributed by atoms with Gasteiger partial charge in [0.1, 0.15) is 0 Å². The molecule has 0 radical (unpaired) electrons. The van der Waals surface area contributed by atoms with Gasteiger partial charge in [0.25, 0.3) is 6.43 Å². The second-order valence-corrected chi connectivity index (χ2v) is 2.73. The van der Waals surface area contributed by atoms with E-state index < -0.39 is 13.0 Å². The maximum absolute atomic E-state index is 12.3. The minimum atomic E-state index is -2.61. The summed E-state index contributed by atoms with van der Waals surface area (Å²) in [7, 11) is 0. The van der Waals surface area contributed by atoms with Gasteiger partial charge in [-0.3, -0.25) is 4.98 Å². The van der Waals surface area contributed by atoms with Crippen LogP contribution < -0.4 is 0 Å². The molecule has 1 aromatic rings. The first-order valence-electron chi connectivity index (χ1n) is 3.61. The fourth-order valence-corrected chi connectivity index (χ4v) is 1.11. The third-order valence-corrected chi connectivity index (χ3v) is 1.90. The van der Waals surface area contributed by atoms with E-state index in [9.17, 15) is 8.78 Å². The van der Waals surface area contributed by atoms with Crippen LogP contribution >= 0.6 is 11.6 Å². The first kappa shape index (κ1) is 10.3. The Bertz CT molecular complexity index is 293. The largest absolute Gasteiger partial charge is 0.392 e. The van der Waals surface area contributed by atoms with E-state index in [1.54, 1.807) is 0 Å². The number of hydrogen-bond acceptors (Lipinski definition) is 2. The molecule has 0 saturated heterocycles. The highest BCUT2D eigenvalue weighted by Gasteiger charge is 2.13. The molecule has 0 fully saturated rings. The quantitative estimate of drug-likeness (QED) is 0.772. The molecule has 1 rings (SSSR count). The third-order valence-electron chi connectivity index (χ3n) is 1.62. The first-order valence-corrected chi connectivity index (χ1v) is 4.15. The van der Waals surface area contributed by atoms with Crippen molar-refractivity contribution >= 4 is 11.6 Å². The molecule has 13 heavy (non-hydrogen) atoms. The van der Waals surface area contributed by atoms with Crippen molar-refractivity contribution in [2.45, 2.75) is 18.9 Å². The van der Waals surface area contributed by atoms with Crippen LogP contribution in [-0.2, 0) is 12.5 Å². The van der Waals surface area contributed by atoms with Gasteiger partial charge in [0, 0.05) is 11.8 Å². The molecule has 0 aliphatic rings. The van der Waals surface area contributed by atoms with E-state index in [2.05, 4.69) is 4.98 Å². The Morgan fingerprint density at radius 3 is 2.69 bits per heavy atom. The van der Waals surface area contributed by atoms with Crippen molar-refractivity contribution in [1.29, 1.82) is 0 Å². The molecule has 0 bridgehead atoms. The number of nitrogens with zero attached hydrogens (tertiary/aromatic N) is 1. The van der Waals surface area contributed by atoms with Gasteiger partial charge >= 0.3 is 0 Å². The fourth-order valence-electron chi connectivity index (χ4n) is 0.964. The normalized spacial score (nSPS) is 10.8. The van der Waals surface area contributed by atoms with Gasteiger partial charge in [0.2, 0.25) is 0 Å². The number of hydrogen-bond donors (Lipinski definition) is 1. The van der Waals surface area contributed by atoms with E-state index in [0.717, 1.165) is 6.20 Å². The molecule has 0 spiro atoms. The molecule has 0 unspecified atom stereocenters. The minimum absolute atomic E-state index is 0.149. The molecule has 72 valence electrons. The van der Waals surface area contributed by atoms with Crippen LogP contribution in [0, 0.1) is 0 Å². The molecular weight excluding hydrogens is 200 g/mol. The van der Waals surface area contributed by atoms with Crippen LogP contribution in [0.25, 0.3) is 0 Å². The van der Waals surface area contributed by atoms with Crippen molar-refractivity contribution in [3.8, 4) is 0 Å². The second-order valence-electron chi connectivity index (χ2n) is 2.47. The predicted molar refractivity (Wildman–Crippen MR) is 44.7 cm³/mol. The van der Waals surface area contributed by atoms with E-state index in [4.69, 9.17) is 16.7 Å². The van der Waals surface area contributed by atoms with Crippen LogP contribution in [0.5, 0.6) is 0 Å². The monoisotopic (exact) mass is 207 g/mol. The van der Waals surface area contributed by atoms with E-state index >= 15 is 0 Å². The number of alkyl halides is 3. The lowest BCUT2D eigenvalue weighted by atomic mass is 10.1.